The molecule has 1 N–H and O–H groups in total. The number of hydrogen-bond donors (Lipinski definition) is 1. The number of amides is 3. The molecule has 0 radical (unpaired) electrons. The van der Waals surface area contributed by atoms with Gasteiger partial charge in [-0.1, -0.05) is 17.7 Å². The zero-order valence-corrected chi connectivity index (χ0v) is 12.4. The van der Waals surface area contributed by atoms with Crippen molar-refractivity contribution in [2.45, 2.75) is 6.92 Å². The first-order valence-corrected chi connectivity index (χ1v) is 6.95. The molecule has 0 bridgehead atoms. The predicted molar refractivity (Wildman–Crippen MR) is 79.0 cm³/mol. The number of hydrogen-bond acceptors (Lipinski definition) is 3. The van der Waals surface area contributed by atoms with Crippen LogP contribution >= 0.6 is 11.6 Å². The van der Waals surface area contributed by atoms with Gasteiger partial charge in [-0.3, -0.25) is 14.4 Å². The topological polar surface area (TPSA) is 69.7 Å². The highest BCUT2D eigenvalue weighted by Gasteiger charge is 2.25. The first-order valence-electron chi connectivity index (χ1n) is 6.57. The highest BCUT2D eigenvalue weighted by molar-refractivity contribution is 6.40. The molecule has 21 heavy (non-hydrogen) atoms. The Morgan fingerprint density at radius 3 is 2.52 bits per heavy atom. The molecule has 112 valence electrons. The lowest BCUT2D eigenvalue weighted by molar-refractivity contribution is -0.144. The highest BCUT2D eigenvalue weighted by atomic mass is 35.5. The number of benzene rings is 1. The van der Waals surface area contributed by atoms with Crippen LogP contribution in [0.3, 0.4) is 0 Å². The van der Waals surface area contributed by atoms with E-state index in [1.54, 1.807) is 30.0 Å². The molecule has 1 aliphatic rings. The van der Waals surface area contributed by atoms with E-state index in [1.165, 1.54) is 4.90 Å². The van der Waals surface area contributed by atoms with Crippen LogP contribution in [0.25, 0.3) is 0 Å². The maximum Gasteiger partial charge on any atom is 0.313 e. The van der Waals surface area contributed by atoms with Gasteiger partial charge in [-0.25, -0.2) is 0 Å². The fraction of sp³-hybridized carbons (Fsp3) is 0.357. The van der Waals surface area contributed by atoms with Crippen molar-refractivity contribution in [2.75, 3.05) is 31.5 Å². The quantitative estimate of drug-likeness (QED) is 0.651. The number of carbonyl (C=O) groups excluding carboxylic acids is 3. The Morgan fingerprint density at radius 1 is 1.24 bits per heavy atom. The van der Waals surface area contributed by atoms with E-state index in [0.717, 1.165) is 6.41 Å². The van der Waals surface area contributed by atoms with Crippen molar-refractivity contribution in [1.82, 2.24) is 9.80 Å². The molecule has 7 heteroatoms. The van der Waals surface area contributed by atoms with Gasteiger partial charge in [0.2, 0.25) is 6.41 Å². The fourth-order valence-electron chi connectivity index (χ4n) is 2.09. The number of nitrogens with one attached hydrogen (secondary N) is 1. The summed E-state index contributed by atoms with van der Waals surface area (Å²) in [5, 5.41) is 3.10. The van der Waals surface area contributed by atoms with E-state index in [2.05, 4.69) is 5.32 Å². The van der Waals surface area contributed by atoms with Crippen molar-refractivity contribution in [3.05, 3.63) is 28.8 Å². The van der Waals surface area contributed by atoms with Crippen molar-refractivity contribution in [3.8, 4) is 0 Å². The molecule has 0 unspecified atom stereocenters. The largest absolute Gasteiger partial charge is 0.342 e. The molecule has 0 saturated carbocycles. The van der Waals surface area contributed by atoms with Crippen molar-refractivity contribution in [3.63, 3.8) is 0 Å². The van der Waals surface area contributed by atoms with Gasteiger partial charge >= 0.3 is 11.8 Å². The molecule has 6 nitrogen and oxygen atoms in total. The summed E-state index contributed by atoms with van der Waals surface area (Å²) in [5.74, 6) is -1.29. The third-order valence-electron chi connectivity index (χ3n) is 3.46. The van der Waals surface area contributed by atoms with Gasteiger partial charge in [0, 0.05) is 36.9 Å². The van der Waals surface area contributed by atoms with Gasteiger partial charge in [0.1, 0.15) is 0 Å². The highest BCUT2D eigenvalue weighted by Crippen LogP contribution is 2.22. The minimum Gasteiger partial charge on any atom is -0.342 e. The number of nitrogens with zero attached hydrogens (tertiary/aromatic N) is 2. The molecule has 1 aliphatic heterocycles. The Bertz CT molecular complexity index is 569. The lowest BCUT2D eigenvalue weighted by Gasteiger charge is -2.32. The second-order valence-electron chi connectivity index (χ2n) is 4.80. The summed E-state index contributed by atoms with van der Waals surface area (Å²) in [7, 11) is 0. The number of rotatable bonds is 2. The van der Waals surface area contributed by atoms with E-state index in [4.69, 9.17) is 11.6 Å². The predicted octanol–water partition coefficient (Wildman–Crippen LogP) is 0.888. The molecule has 1 saturated heterocycles. The molecule has 0 aromatic heterocycles. The van der Waals surface area contributed by atoms with Gasteiger partial charge in [-0.2, -0.15) is 0 Å². The Morgan fingerprint density at radius 2 is 1.90 bits per heavy atom. The molecule has 1 aromatic rings. The van der Waals surface area contributed by atoms with Gasteiger partial charge in [0.05, 0.1) is 0 Å². The molecule has 1 aromatic carbocycles. The van der Waals surface area contributed by atoms with E-state index in [9.17, 15) is 14.4 Å². The first-order chi connectivity index (χ1) is 10.0. The van der Waals surface area contributed by atoms with Crippen LogP contribution in [0.4, 0.5) is 5.69 Å². The first kappa shape index (κ1) is 15.3. The average Bonchev–Trinajstić information content (AvgIpc) is 2.51. The lowest BCUT2D eigenvalue weighted by Crippen LogP contribution is -2.51. The summed E-state index contributed by atoms with van der Waals surface area (Å²) < 4.78 is 0. The molecule has 0 spiro atoms. The van der Waals surface area contributed by atoms with E-state index in [1.807, 2.05) is 0 Å². The van der Waals surface area contributed by atoms with Crippen LogP contribution in [0, 0.1) is 6.92 Å². The van der Waals surface area contributed by atoms with E-state index >= 15 is 0 Å². The molecular weight excluding hydrogens is 294 g/mol. The number of carbonyl (C=O) groups is 3. The molecule has 1 fully saturated rings. The Kier molecular flexibility index (Phi) is 4.80. The van der Waals surface area contributed by atoms with E-state index in [-0.39, 0.29) is 0 Å². The van der Waals surface area contributed by atoms with Crippen molar-refractivity contribution < 1.29 is 14.4 Å². The smallest absolute Gasteiger partial charge is 0.313 e. The zero-order chi connectivity index (χ0) is 15.4. The Hall–Kier alpha value is -2.08. The van der Waals surface area contributed by atoms with Gasteiger partial charge < -0.3 is 15.1 Å². The van der Waals surface area contributed by atoms with Crippen molar-refractivity contribution >= 4 is 35.5 Å². The average molecular weight is 310 g/mol. The van der Waals surface area contributed by atoms with Crippen LogP contribution in [0.5, 0.6) is 0 Å². The van der Waals surface area contributed by atoms with Crippen LogP contribution in [0.1, 0.15) is 5.56 Å². The summed E-state index contributed by atoms with van der Waals surface area (Å²) in [6.45, 7) is 3.38. The van der Waals surface area contributed by atoms with Crippen LogP contribution in [-0.4, -0.2) is 54.2 Å². The summed E-state index contributed by atoms with van der Waals surface area (Å²) in [4.78, 5) is 37.7. The second-order valence-corrected chi connectivity index (χ2v) is 5.21. The lowest BCUT2D eigenvalue weighted by atomic mass is 10.2. The second kappa shape index (κ2) is 6.58. The third-order valence-corrected chi connectivity index (χ3v) is 3.87. The summed E-state index contributed by atoms with van der Waals surface area (Å²) >= 11 is 5.97. The van der Waals surface area contributed by atoms with Gasteiger partial charge in [-0.15, -0.1) is 0 Å². The van der Waals surface area contributed by atoms with Gasteiger partial charge in [0.15, 0.2) is 0 Å². The third kappa shape index (κ3) is 3.52. The molecule has 1 heterocycles. The monoisotopic (exact) mass is 309 g/mol. The van der Waals surface area contributed by atoms with Crippen LogP contribution in [0.15, 0.2) is 18.2 Å². The standard InChI is InChI=1S/C14H16ClN3O3/c1-10-11(15)3-2-4-12(10)16-13(20)14(21)18-7-5-17(9-19)6-8-18/h2-4,9H,5-8H2,1H3,(H,16,20). The van der Waals surface area contributed by atoms with Gasteiger partial charge in [0.25, 0.3) is 0 Å². The SMILES string of the molecule is Cc1c(Cl)cccc1NC(=O)C(=O)N1CCN(C=O)CC1. The molecule has 3 amide bonds. The molecule has 2 rings (SSSR count). The number of piperazine rings is 1. The number of halogens is 1. The van der Waals surface area contributed by atoms with Crippen molar-refractivity contribution in [1.29, 1.82) is 0 Å². The summed E-state index contributed by atoms with van der Waals surface area (Å²) in [6, 6.07) is 5.11. The number of anilines is 1. The maximum absolute atomic E-state index is 12.1. The normalized spacial score (nSPS) is 14.8. The minimum atomic E-state index is -0.695. The minimum absolute atomic E-state index is 0.361. The summed E-state index contributed by atoms with van der Waals surface area (Å²) in [6.07, 6.45) is 0.747. The van der Waals surface area contributed by atoms with Gasteiger partial charge in [-0.05, 0) is 24.6 Å². The van der Waals surface area contributed by atoms with E-state index in [0.29, 0.717) is 42.5 Å². The Balaban J connectivity index is 1.99. The molecule has 0 aliphatic carbocycles. The van der Waals surface area contributed by atoms with Crippen LogP contribution < -0.4 is 5.32 Å². The fourth-order valence-corrected chi connectivity index (χ4v) is 2.27. The molecule has 0 atom stereocenters. The molecular formula is C14H16ClN3O3. The maximum atomic E-state index is 12.1. The Labute approximate surface area is 127 Å². The van der Waals surface area contributed by atoms with Crippen LogP contribution in [-0.2, 0) is 14.4 Å². The van der Waals surface area contributed by atoms with E-state index < -0.39 is 11.8 Å². The van der Waals surface area contributed by atoms with Crippen LogP contribution in [0.2, 0.25) is 5.02 Å². The summed E-state index contributed by atoms with van der Waals surface area (Å²) in [5.41, 5.74) is 1.23. The zero-order valence-electron chi connectivity index (χ0n) is 11.6. The van der Waals surface area contributed by atoms with Crippen molar-refractivity contribution in [2.24, 2.45) is 0 Å².